The van der Waals surface area contributed by atoms with Gasteiger partial charge in [-0.2, -0.15) is 11.8 Å². The summed E-state index contributed by atoms with van der Waals surface area (Å²) >= 11 is 1.93. The Bertz CT molecular complexity index is 210. The van der Waals surface area contributed by atoms with E-state index in [0.717, 1.165) is 12.5 Å². The Hall–Kier alpha value is 0.270. The van der Waals surface area contributed by atoms with Gasteiger partial charge in [0.2, 0.25) is 0 Å². The molecule has 0 amide bonds. The first-order valence-electron chi connectivity index (χ1n) is 6.47. The van der Waals surface area contributed by atoms with Gasteiger partial charge in [0.1, 0.15) is 0 Å². The van der Waals surface area contributed by atoms with E-state index >= 15 is 0 Å². The van der Waals surface area contributed by atoms with Crippen LogP contribution in [-0.4, -0.2) is 42.1 Å². The summed E-state index contributed by atoms with van der Waals surface area (Å²) in [6.45, 7) is 5.51. The average molecular weight is 244 g/mol. The molecule has 96 valence electrons. The van der Waals surface area contributed by atoms with Crippen molar-refractivity contribution in [2.24, 2.45) is 11.7 Å². The number of hydrogen-bond donors (Lipinski definition) is 1. The summed E-state index contributed by atoms with van der Waals surface area (Å²) in [5, 5.41) is 0. The topological polar surface area (TPSA) is 29.3 Å². The predicted molar refractivity (Wildman–Crippen MR) is 75.0 cm³/mol. The molecule has 1 saturated carbocycles. The largest absolute Gasteiger partial charge is 0.329 e. The number of rotatable bonds is 5. The summed E-state index contributed by atoms with van der Waals surface area (Å²) in [4.78, 5) is 2.55. The molecule has 16 heavy (non-hydrogen) atoms. The fourth-order valence-electron chi connectivity index (χ4n) is 3.10. The van der Waals surface area contributed by atoms with Gasteiger partial charge in [0.15, 0.2) is 0 Å². The molecule has 0 aromatic heterocycles. The van der Waals surface area contributed by atoms with Crippen LogP contribution in [0.2, 0.25) is 0 Å². The van der Waals surface area contributed by atoms with Crippen molar-refractivity contribution in [3.63, 3.8) is 0 Å². The second-order valence-corrected chi connectivity index (χ2v) is 6.46. The molecule has 0 spiro atoms. The van der Waals surface area contributed by atoms with E-state index in [1.165, 1.54) is 31.4 Å². The van der Waals surface area contributed by atoms with Gasteiger partial charge in [-0.3, -0.25) is 4.90 Å². The number of thioether (sulfide) groups is 1. The van der Waals surface area contributed by atoms with E-state index in [9.17, 15) is 0 Å². The lowest BCUT2D eigenvalue weighted by atomic mass is 9.75. The molecule has 3 atom stereocenters. The number of hydrogen-bond acceptors (Lipinski definition) is 3. The molecule has 2 nitrogen and oxygen atoms in total. The maximum Gasteiger partial charge on any atom is 0.0334 e. The monoisotopic (exact) mass is 244 g/mol. The molecule has 0 radical (unpaired) electrons. The first-order chi connectivity index (χ1) is 7.55. The van der Waals surface area contributed by atoms with Crippen LogP contribution in [0.1, 0.15) is 39.5 Å². The van der Waals surface area contributed by atoms with Crippen molar-refractivity contribution in [2.45, 2.75) is 51.1 Å². The third-order valence-electron chi connectivity index (χ3n) is 4.26. The molecule has 0 aromatic carbocycles. The fourth-order valence-corrected chi connectivity index (χ4v) is 3.81. The van der Waals surface area contributed by atoms with Crippen molar-refractivity contribution in [3.05, 3.63) is 0 Å². The van der Waals surface area contributed by atoms with E-state index in [2.05, 4.69) is 32.1 Å². The Balaban J connectivity index is 2.70. The maximum atomic E-state index is 6.09. The Labute approximate surface area is 105 Å². The van der Waals surface area contributed by atoms with Gasteiger partial charge in [0.25, 0.3) is 0 Å². The molecule has 0 bridgehead atoms. The molecule has 3 heteroatoms. The van der Waals surface area contributed by atoms with Crippen molar-refractivity contribution in [1.29, 1.82) is 0 Å². The minimum Gasteiger partial charge on any atom is -0.329 e. The molecule has 1 rings (SSSR count). The van der Waals surface area contributed by atoms with Crippen LogP contribution in [0.5, 0.6) is 0 Å². The summed E-state index contributed by atoms with van der Waals surface area (Å²) in [5.41, 5.74) is 6.36. The minimum atomic E-state index is 0.271. The molecule has 0 aromatic rings. The number of nitrogens with two attached hydrogens (primary N) is 1. The van der Waals surface area contributed by atoms with Crippen LogP contribution >= 0.6 is 11.8 Å². The molecule has 1 fully saturated rings. The van der Waals surface area contributed by atoms with Gasteiger partial charge in [0.05, 0.1) is 0 Å². The quantitative estimate of drug-likeness (QED) is 0.806. The van der Waals surface area contributed by atoms with Crippen LogP contribution in [0, 0.1) is 5.92 Å². The minimum absolute atomic E-state index is 0.271. The summed E-state index contributed by atoms with van der Waals surface area (Å²) in [6, 6.07) is 0.629. The molecule has 1 aliphatic rings. The van der Waals surface area contributed by atoms with E-state index in [1.54, 1.807) is 0 Å². The highest BCUT2D eigenvalue weighted by Gasteiger charge is 2.38. The Kier molecular flexibility index (Phi) is 5.62. The molecule has 0 saturated heterocycles. The van der Waals surface area contributed by atoms with Gasteiger partial charge >= 0.3 is 0 Å². The second kappa shape index (κ2) is 6.27. The SMILES string of the molecule is CSCC(C)N(C)C1(CN)CCCC(C)C1. The van der Waals surface area contributed by atoms with Gasteiger partial charge in [-0.15, -0.1) is 0 Å². The van der Waals surface area contributed by atoms with Crippen molar-refractivity contribution in [1.82, 2.24) is 4.90 Å². The van der Waals surface area contributed by atoms with Crippen molar-refractivity contribution in [2.75, 3.05) is 25.6 Å². The van der Waals surface area contributed by atoms with Crippen molar-refractivity contribution in [3.8, 4) is 0 Å². The first-order valence-corrected chi connectivity index (χ1v) is 7.87. The molecular weight excluding hydrogens is 216 g/mol. The summed E-state index contributed by atoms with van der Waals surface area (Å²) in [7, 11) is 2.27. The Morgan fingerprint density at radius 2 is 2.25 bits per heavy atom. The Morgan fingerprint density at radius 3 is 2.75 bits per heavy atom. The third kappa shape index (κ3) is 3.14. The molecule has 0 heterocycles. The maximum absolute atomic E-state index is 6.09. The molecule has 2 N–H and O–H groups in total. The van der Waals surface area contributed by atoms with Gasteiger partial charge in [-0.25, -0.2) is 0 Å². The van der Waals surface area contributed by atoms with Crippen LogP contribution in [0.25, 0.3) is 0 Å². The standard InChI is InChI=1S/C13H28N2S/c1-11-6-5-7-13(8-11,10-14)15(3)12(2)9-16-4/h11-12H,5-10,14H2,1-4H3. The second-order valence-electron chi connectivity index (χ2n) is 5.55. The van der Waals surface area contributed by atoms with E-state index in [1.807, 2.05) is 11.8 Å². The van der Waals surface area contributed by atoms with E-state index in [4.69, 9.17) is 5.73 Å². The first kappa shape index (κ1) is 14.3. The van der Waals surface area contributed by atoms with Gasteiger partial charge in [-0.1, -0.05) is 19.8 Å². The zero-order chi connectivity index (χ0) is 12.2. The summed E-state index contributed by atoms with van der Waals surface area (Å²) < 4.78 is 0. The van der Waals surface area contributed by atoms with E-state index in [0.29, 0.717) is 6.04 Å². The number of likely N-dealkylation sites (N-methyl/N-ethyl adjacent to an activating group) is 1. The lowest BCUT2D eigenvalue weighted by molar-refractivity contribution is 0.0396. The van der Waals surface area contributed by atoms with Crippen molar-refractivity contribution >= 4 is 11.8 Å². The highest BCUT2D eigenvalue weighted by atomic mass is 32.2. The predicted octanol–water partition coefficient (Wildman–Crippen LogP) is 2.58. The van der Waals surface area contributed by atoms with Crippen LogP contribution in [0.4, 0.5) is 0 Å². The summed E-state index contributed by atoms with van der Waals surface area (Å²) in [6.07, 6.45) is 7.46. The number of nitrogens with zero attached hydrogens (tertiary/aromatic N) is 1. The zero-order valence-electron chi connectivity index (χ0n) is 11.3. The average Bonchev–Trinajstić information content (AvgIpc) is 2.28. The zero-order valence-corrected chi connectivity index (χ0v) is 12.1. The van der Waals surface area contributed by atoms with E-state index in [-0.39, 0.29) is 5.54 Å². The highest BCUT2D eigenvalue weighted by molar-refractivity contribution is 7.98. The Morgan fingerprint density at radius 1 is 1.56 bits per heavy atom. The lowest BCUT2D eigenvalue weighted by Gasteiger charge is -2.48. The fraction of sp³-hybridized carbons (Fsp3) is 1.00. The van der Waals surface area contributed by atoms with Crippen LogP contribution in [0.3, 0.4) is 0 Å². The van der Waals surface area contributed by atoms with Gasteiger partial charge in [0, 0.05) is 23.9 Å². The molecule has 1 aliphatic carbocycles. The van der Waals surface area contributed by atoms with Crippen LogP contribution < -0.4 is 5.73 Å². The normalized spacial score (nSPS) is 33.0. The highest BCUT2D eigenvalue weighted by Crippen LogP contribution is 2.36. The third-order valence-corrected chi connectivity index (χ3v) is 5.08. The molecular formula is C13H28N2S. The summed E-state index contributed by atoms with van der Waals surface area (Å²) in [5.74, 6) is 2.04. The van der Waals surface area contributed by atoms with Gasteiger partial charge in [-0.05, 0) is 39.0 Å². The van der Waals surface area contributed by atoms with Gasteiger partial charge < -0.3 is 5.73 Å². The van der Waals surface area contributed by atoms with Crippen LogP contribution in [0.15, 0.2) is 0 Å². The van der Waals surface area contributed by atoms with E-state index < -0.39 is 0 Å². The lowest BCUT2D eigenvalue weighted by Crippen LogP contribution is -2.57. The van der Waals surface area contributed by atoms with Crippen molar-refractivity contribution < 1.29 is 0 Å². The molecule has 3 unspecified atom stereocenters. The molecule has 0 aliphatic heterocycles. The van der Waals surface area contributed by atoms with Crippen LogP contribution in [-0.2, 0) is 0 Å². The smallest absolute Gasteiger partial charge is 0.0334 e.